The molecule has 0 spiro atoms. The second-order valence-electron chi connectivity index (χ2n) is 5.73. The third kappa shape index (κ3) is 2.20. The second-order valence-corrected chi connectivity index (χ2v) is 5.73. The van der Waals surface area contributed by atoms with Crippen molar-refractivity contribution in [1.29, 1.82) is 0 Å². The molecule has 3 aromatic rings. The predicted molar refractivity (Wildman–Crippen MR) is 87.9 cm³/mol. The number of ether oxygens (including phenoxy) is 1. The Kier molecular flexibility index (Phi) is 3.40. The van der Waals surface area contributed by atoms with E-state index >= 15 is 0 Å². The van der Waals surface area contributed by atoms with E-state index in [2.05, 4.69) is 4.74 Å². The van der Waals surface area contributed by atoms with Gasteiger partial charge in [-0.1, -0.05) is 36.4 Å². The number of benzene rings is 3. The summed E-state index contributed by atoms with van der Waals surface area (Å²) in [5.74, 6) is -3.57. The van der Waals surface area contributed by atoms with Gasteiger partial charge in [-0.25, -0.2) is 9.59 Å². The van der Waals surface area contributed by atoms with Gasteiger partial charge in [-0.2, -0.15) is 0 Å². The summed E-state index contributed by atoms with van der Waals surface area (Å²) in [5, 5.41) is 12.0. The third-order valence-electron chi connectivity index (χ3n) is 4.30. The number of cyclic esters (lactones) is 2. The van der Waals surface area contributed by atoms with Crippen molar-refractivity contribution >= 4 is 34.5 Å². The van der Waals surface area contributed by atoms with Crippen molar-refractivity contribution in [1.82, 2.24) is 0 Å². The summed E-state index contributed by atoms with van der Waals surface area (Å²) in [6, 6.07) is 13.2. The Labute approximate surface area is 146 Å². The van der Waals surface area contributed by atoms with Crippen LogP contribution >= 0.6 is 0 Å². The Hall–Kier alpha value is -3.80. The van der Waals surface area contributed by atoms with E-state index in [0.717, 1.165) is 0 Å². The average molecular weight is 345 g/mol. The summed E-state index contributed by atoms with van der Waals surface area (Å²) in [7, 11) is 0. The van der Waals surface area contributed by atoms with Crippen LogP contribution in [-0.4, -0.2) is 23.7 Å². The lowest BCUT2D eigenvalue weighted by molar-refractivity contribution is -0.255. The molecule has 0 radical (unpaired) electrons. The number of aromatic carboxylic acids is 1. The van der Waals surface area contributed by atoms with Crippen LogP contribution in [0.1, 0.15) is 47.0 Å². The fourth-order valence-electron chi connectivity index (χ4n) is 3.14. The van der Waals surface area contributed by atoms with Crippen LogP contribution in [0.25, 0.3) is 10.8 Å². The summed E-state index contributed by atoms with van der Waals surface area (Å²) in [5.41, 5.74) is 0.285. The molecule has 6 heteroatoms. The van der Waals surface area contributed by atoms with Gasteiger partial charge in [0, 0.05) is 22.1 Å². The van der Waals surface area contributed by atoms with Gasteiger partial charge in [-0.05, 0) is 23.6 Å². The molecule has 1 aliphatic rings. The number of ketones is 1. The fraction of sp³-hybridized carbons (Fsp3) is 0. The molecule has 126 valence electrons. The lowest BCUT2D eigenvalue weighted by Crippen LogP contribution is -2.25. The molecule has 0 aromatic heterocycles. The molecule has 0 saturated carbocycles. The first-order chi connectivity index (χ1) is 12.5. The number of carboxylic acids is 1. The molecule has 3 aromatic carbocycles. The Morgan fingerprint density at radius 2 is 1.38 bits per heavy atom. The highest BCUT2D eigenvalue weighted by molar-refractivity contribution is 6.26. The topological polar surface area (TPSA) is 101 Å². The number of hydrogen-bond donors (Lipinski definition) is 0. The van der Waals surface area contributed by atoms with Gasteiger partial charge in [0.2, 0.25) is 0 Å². The maximum absolute atomic E-state index is 13.0. The molecule has 0 saturated heterocycles. The number of carboxylic acid groups (broad SMARTS) is 1. The summed E-state index contributed by atoms with van der Waals surface area (Å²) < 4.78 is 4.69. The van der Waals surface area contributed by atoms with Gasteiger partial charge in [0.15, 0.2) is 5.78 Å². The minimum absolute atomic E-state index is 0.0297. The number of hydrogen-bond acceptors (Lipinski definition) is 6. The SMILES string of the molecule is O=C([O-])c1ccccc1C(=O)c1ccc2c3c(cccc13)C(=O)OC2=O. The highest BCUT2D eigenvalue weighted by Crippen LogP contribution is 2.32. The van der Waals surface area contributed by atoms with Crippen molar-refractivity contribution in [3.05, 3.63) is 82.4 Å². The third-order valence-corrected chi connectivity index (χ3v) is 4.30. The van der Waals surface area contributed by atoms with Gasteiger partial charge in [-0.3, -0.25) is 4.79 Å². The van der Waals surface area contributed by atoms with Crippen molar-refractivity contribution in [2.45, 2.75) is 0 Å². The van der Waals surface area contributed by atoms with Crippen LogP contribution in [0, 0.1) is 0 Å². The van der Waals surface area contributed by atoms with Crippen molar-refractivity contribution in [3.8, 4) is 0 Å². The highest BCUT2D eigenvalue weighted by Gasteiger charge is 2.29. The van der Waals surface area contributed by atoms with Crippen LogP contribution in [-0.2, 0) is 4.74 Å². The summed E-state index contributed by atoms with van der Waals surface area (Å²) in [4.78, 5) is 48.2. The lowest BCUT2D eigenvalue weighted by Gasteiger charge is -2.17. The molecule has 0 unspecified atom stereocenters. The molecule has 0 fully saturated rings. The second kappa shape index (κ2) is 5.63. The van der Waals surface area contributed by atoms with E-state index in [1.165, 1.54) is 36.4 Å². The monoisotopic (exact) mass is 345 g/mol. The Bertz CT molecular complexity index is 1120. The largest absolute Gasteiger partial charge is 0.545 e. The van der Waals surface area contributed by atoms with Gasteiger partial charge in [0.25, 0.3) is 0 Å². The molecule has 0 N–H and O–H groups in total. The zero-order valence-electron chi connectivity index (χ0n) is 13.1. The summed E-state index contributed by atoms with van der Waals surface area (Å²) in [6.45, 7) is 0. The zero-order chi connectivity index (χ0) is 18.4. The average Bonchev–Trinajstić information content (AvgIpc) is 2.65. The molecule has 6 nitrogen and oxygen atoms in total. The van der Waals surface area contributed by atoms with E-state index in [0.29, 0.717) is 10.8 Å². The summed E-state index contributed by atoms with van der Waals surface area (Å²) >= 11 is 0. The Morgan fingerprint density at radius 3 is 2.08 bits per heavy atom. The molecule has 0 atom stereocenters. The molecule has 1 heterocycles. The van der Waals surface area contributed by atoms with Crippen molar-refractivity contribution in [2.24, 2.45) is 0 Å². The lowest BCUT2D eigenvalue weighted by atomic mass is 9.89. The predicted octanol–water partition coefficient (Wildman–Crippen LogP) is 1.74. The van der Waals surface area contributed by atoms with Gasteiger partial charge in [0.05, 0.1) is 17.1 Å². The number of esters is 2. The molecule has 0 amide bonds. The van der Waals surface area contributed by atoms with Gasteiger partial charge >= 0.3 is 11.9 Å². The van der Waals surface area contributed by atoms with Crippen LogP contribution < -0.4 is 5.11 Å². The molecular weight excluding hydrogens is 336 g/mol. The molecule has 4 rings (SSSR count). The van der Waals surface area contributed by atoms with E-state index in [-0.39, 0.29) is 27.8 Å². The minimum Gasteiger partial charge on any atom is -0.545 e. The van der Waals surface area contributed by atoms with E-state index in [1.54, 1.807) is 18.2 Å². The van der Waals surface area contributed by atoms with E-state index in [9.17, 15) is 24.3 Å². The molecule has 26 heavy (non-hydrogen) atoms. The normalized spacial score (nSPS) is 12.8. The van der Waals surface area contributed by atoms with Crippen LogP contribution in [0.15, 0.2) is 54.6 Å². The summed E-state index contributed by atoms with van der Waals surface area (Å²) in [6.07, 6.45) is 0. The van der Waals surface area contributed by atoms with E-state index in [4.69, 9.17) is 0 Å². The van der Waals surface area contributed by atoms with Gasteiger partial charge < -0.3 is 14.6 Å². The molecule has 0 aliphatic carbocycles. The first-order valence-electron chi connectivity index (χ1n) is 7.66. The Balaban J connectivity index is 2.00. The van der Waals surface area contributed by atoms with Crippen molar-refractivity contribution in [2.75, 3.05) is 0 Å². The van der Waals surface area contributed by atoms with Crippen LogP contribution in [0.4, 0.5) is 0 Å². The first kappa shape index (κ1) is 15.7. The molecule has 1 aliphatic heterocycles. The maximum Gasteiger partial charge on any atom is 0.346 e. The molecular formula is C20H9O6-. The van der Waals surface area contributed by atoms with E-state index < -0.39 is 23.7 Å². The minimum atomic E-state index is -1.46. The van der Waals surface area contributed by atoms with Crippen LogP contribution in [0.3, 0.4) is 0 Å². The number of carbonyl (C=O) groups is 4. The standard InChI is InChI=1S/C20H10O6/c21-17(11-4-1-2-5-13(11)18(22)23)12-8-9-15-16-10(12)6-3-7-14(16)19(24)26-20(15)25/h1-9H,(H,22,23)/p-1. The molecule has 0 bridgehead atoms. The maximum atomic E-state index is 13.0. The van der Waals surface area contributed by atoms with E-state index in [1.807, 2.05) is 0 Å². The quantitative estimate of drug-likeness (QED) is 0.407. The zero-order valence-corrected chi connectivity index (χ0v) is 13.1. The number of carbonyl (C=O) groups excluding carboxylic acids is 4. The van der Waals surface area contributed by atoms with Gasteiger partial charge in [-0.15, -0.1) is 0 Å². The first-order valence-corrected chi connectivity index (χ1v) is 7.66. The van der Waals surface area contributed by atoms with Gasteiger partial charge in [0.1, 0.15) is 0 Å². The number of rotatable bonds is 3. The van der Waals surface area contributed by atoms with Crippen molar-refractivity contribution < 1.29 is 29.0 Å². The van der Waals surface area contributed by atoms with Crippen LogP contribution in [0.2, 0.25) is 0 Å². The Morgan fingerprint density at radius 1 is 0.731 bits per heavy atom. The van der Waals surface area contributed by atoms with Crippen LogP contribution in [0.5, 0.6) is 0 Å². The van der Waals surface area contributed by atoms with Crippen molar-refractivity contribution in [3.63, 3.8) is 0 Å². The highest BCUT2D eigenvalue weighted by atomic mass is 16.6. The smallest absolute Gasteiger partial charge is 0.346 e. The fourth-order valence-corrected chi connectivity index (χ4v) is 3.14.